The smallest absolute Gasteiger partial charge is 0.232 e. The molecule has 0 aliphatic heterocycles. The molecule has 7 heteroatoms. The number of hydrogen-bond acceptors (Lipinski definition) is 6. The molecule has 7 nitrogen and oxygen atoms in total. The summed E-state index contributed by atoms with van der Waals surface area (Å²) in [6, 6.07) is 10.7. The van der Waals surface area contributed by atoms with Crippen LogP contribution in [0.2, 0.25) is 0 Å². The molecular formula is C23H27N7. The highest BCUT2D eigenvalue weighted by Gasteiger charge is 2.21. The highest BCUT2D eigenvalue weighted by Crippen LogP contribution is 2.32. The van der Waals surface area contributed by atoms with Gasteiger partial charge in [0.2, 0.25) is 5.95 Å². The number of benzene rings is 1. The SMILES string of the molecule is CCCNc1nc(Nc2nccc3ccccc23)nc2c1ncn2C1CCCCC1. The molecule has 0 spiro atoms. The molecule has 1 fully saturated rings. The van der Waals surface area contributed by atoms with Gasteiger partial charge in [-0.2, -0.15) is 9.97 Å². The van der Waals surface area contributed by atoms with E-state index in [0.29, 0.717) is 12.0 Å². The number of nitrogens with zero attached hydrogens (tertiary/aromatic N) is 5. The van der Waals surface area contributed by atoms with E-state index in [1.165, 1.54) is 32.1 Å². The second-order valence-electron chi connectivity index (χ2n) is 7.94. The van der Waals surface area contributed by atoms with E-state index in [-0.39, 0.29) is 0 Å². The summed E-state index contributed by atoms with van der Waals surface area (Å²) in [4.78, 5) is 18.8. The summed E-state index contributed by atoms with van der Waals surface area (Å²) in [6.45, 7) is 2.99. The van der Waals surface area contributed by atoms with E-state index in [9.17, 15) is 0 Å². The van der Waals surface area contributed by atoms with Crippen molar-refractivity contribution in [2.24, 2.45) is 0 Å². The Bertz CT molecular complexity index is 1160. The molecule has 0 atom stereocenters. The van der Waals surface area contributed by atoms with Crippen LogP contribution in [0.15, 0.2) is 42.9 Å². The first kappa shape index (κ1) is 18.8. The number of rotatable bonds is 6. The van der Waals surface area contributed by atoms with Crippen molar-refractivity contribution in [2.75, 3.05) is 17.2 Å². The minimum atomic E-state index is 0.459. The van der Waals surface area contributed by atoms with Gasteiger partial charge in [-0.25, -0.2) is 9.97 Å². The summed E-state index contributed by atoms with van der Waals surface area (Å²) in [5.41, 5.74) is 1.73. The third-order valence-electron chi connectivity index (χ3n) is 5.84. The monoisotopic (exact) mass is 401 g/mol. The predicted octanol–water partition coefficient (Wildman–Crippen LogP) is 5.45. The largest absolute Gasteiger partial charge is 0.368 e. The van der Waals surface area contributed by atoms with Crippen LogP contribution in [0.25, 0.3) is 21.9 Å². The molecule has 30 heavy (non-hydrogen) atoms. The van der Waals surface area contributed by atoms with Crippen LogP contribution in [0.4, 0.5) is 17.6 Å². The summed E-state index contributed by atoms with van der Waals surface area (Å²) in [5, 5.41) is 8.97. The van der Waals surface area contributed by atoms with Crippen LogP contribution in [0.5, 0.6) is 0 Å². The van der Waals surface area contributed by atoms with Gasteiger partial charge in [0.05, 0.1) is 6.33 Å². The Hall–Kier alpha value is -3.22. The van der Waals surface area contributed by atoms with Crippen LogP contribution in [-0.4, -0.2) is 31.0 Å². The first-order chi connectivity index (χ1) is 14.8. The summed E-state index contributed by atoms with van der Waals surface area (Å²) < 4.78 is 2.25. The fourth-order valence-corrected chi connectivity index (χ4v) is 4.29. The van der Waals surface area contributed by atoms with E-state index in [1.54, 1.807) is 0 Å². The molecule has 0 saturated heterocycles. The predicted molar refractivity (Wildman–Crippen MR) is 121 cm³/mol. The molecule has 0 amide bonds. The number of nitrogens with one attached hydrogen (secondary N) is 2. The Morgan fingerprint density at radius 2 is 1.87 bits per heavy atom. The molecule has 3 aromatic heterocycles. The number of aromatic nitrogens is 5. The highest BCUT2D eigenvalue weighted by atomic mass is 15.2. The summed E-state index contributed by atoms with van der Waals surface area (Å²) >= 11 is 0. The zero-order valence-corrected chi connectivity index (χ0v) is 17.3. The van der Waals surface area contributed by atoms with Crippen molar-refractivity contribution in [2.45, 2.75) is 51.5 Å². The third kappa shape index (κ3) is 3.56. The van der Waals surface area contributed by atoms with E-state index in [1.807, 2.05) is 30.7 Å². The third-order valence-corrected chi connectivity index (χ3v) is 5.84. The van der Waals surface area contributed by atoms with Crippen molar-refractivity contribution in [3.63, 3.8) is 0 Å². The van der Waals surface area contributed by atoms with E-state index in [2.05, 4.69) is 44.2 Å². The molecule has 1 saturated carbocycles. The zero-order chi connectivity index (χ0) is 20.3. The maximum Gasteiger partial charge on any atom is 0.232 e. The van der Waals surface area contributed by atoms with Crippen LogP contribution in [0.3, 0.4) is 0 Å². The standard InChI is InChI=1S/C23H27N7/c1-2-13-24-21-19-22(30(15-26-19)17-9-4-3-5-10-17)29-23(28-21)27-20-18-11-7-6-8-16(18)12-14-25-20/h6-8,11-12,14-15,17H,2-5,9-10,13H2,1H3,(H2,24,25,27,28,29). The summed E-state index contributed by atoms with van der Waals surface area (Å²) in [6.07, 6.45) is 11.0. The van der Waals surface area contributed by atoms with Crippen LogP contribution < -0.4 is 10.6 Å². The minimum absolute atomic E-state index is 0.459. The van der Waals surface area contributed by atoms with E-state index < -0.39 is 0 Å². The minimum Gasteiger partial charge on any atom is -0.368 e. The summed E-state index contributed by atoms with van der Waals surface area (Å²) in [5.74, 6) is 2.08. The van der Waals surface area contributed by atoms with E-state index in [4.69, 9.17) is 9.97 Å². The van der Waals surface area contributed by atoms with Gasteiger partial charge in [0.1, 0.15) is 5.82 Å². The lowest BCUT2D eigenvalue weighted by molar-refractivity contribution is 0.358. The fourth-order valence-electron chi connectivity index (χ4n) is 4.29. The van der Waals surface area contributed by atoms with Crippen molar-refractivity contribution in [3.8, 4) is 0 Å². The lowest BCUT2D eigenvalue weighted by atomic mass is 9.95. The Morgan fingerprint density at radius 1 is 1.00 bits per heavy atom. The van der Waals surface area contributed by atoms with Crippen molar-refractivity contribution < 1.29 is 0 Å². The molecular weight excluding hydrogens is 374 g/mol. The molecule has 0 unspecified atom stereocenters. The maximum atomic E-state index is 4.88. The van der Waals surface area contributed by atoms with Crippen molar-refractivity contribution in [3.05, 3.63) is 42.9 Å². The van der Waals surface area contributed by atoms with Gasteiger partial charge in [-0.1, -0.05) is 50.5 Å². The molecule has 5 rings (SSSR count). The lowest BCUT2D eigenvalue weighted by Crippen LogP contribution is -2.13. The normalized spacial score (nSPS) is 15.0. The average molecular weight is 402 g/mol. The zero-order valence-electron chi connectivity index (χ0n) is 17.3. The lowest BCUT2D eigenvalue weighted by Gasteiger charge is -2.23. The Balaban J connectivity index is 1.58. The number of pyridine rings is 1. The van der Waals surface area contributed by atoms with Crippen LogP contribution in [0.1, 0.15) is 51.5 Å². The molecule has 0 bridgehead atoms. The molecule has 1 aliphatic rings. The number of hydrogen-bond donors (Lipinski definition) is 2. The molecule has 2 N–H and O–H groups in total. The van der Waals surface area contributed by atoms with Gasteiger partial charge < -0.3 is 15.2 Å². The fraction of sp³-hybridized carbons (Fsp3) is 0.391. The average Bonchev–Trinajstić information content (AvgIpc) is 3.22. The van der Waals surface area contributed by atoms with Gasteiger partial charge in [-0.3, -0.25) is 0 Å². The second-order valence-corrected chi connectivity index (χ2v) is 7.94. The Kier molecular flexibility index (Phi) is 5.17. The van der Waals surface area contributed by atoms with Crippen LogP contribution in [-0.2, 0) is 0 Å². The molecule has 154 valence electrons. The van der Waals surface area contributed by atoms with Gasteiger partial charge in [0.15, 0.2) is 17.0 Å². The van der Waals surface area contributed by atoms with Crippen LogP contribution in [0, 0.1) is 0 Å². The van der Waals surface area contributed by atoms with Crippen LogP contribution >= 0.6 is 0 Å². The first-order valence-electron chi connectivity index (χ1n) is 10.9. The van der Waals surface area contributed by atoms with Crippen molar-refractivity contribution in [1.29, 1.82) is 0 Å². The quantitative estimate of drug-likeness (QED) is 0.447. The molecule has 4 aromatic rings. The molecule has 3 heterocycles. The summed E-state index contributed by atoms with van der Waals surface area (Å²) in [7, 11) is 0. The Labute approximate surface area is 176 Å². The first-order valence-corrected chi connectivity index (χ1v) is 10.9. The van der Waals surface area contributed by atoms with Crippen molar-refractivity contribution >= 4 is 39.5 Å². The highest BCUT2D eigenvalue weighted by molar-refractivity contribution is 5.93. The maximum absolute atomic E-state index is 4.88. The number of imidazole rings is 1. The van der Waals surface area contributed by atoms with Gasteiger partial charge in [-0.05, 0) is 30.7 Å². The Morgan fingerprint density at radius 3 is 2.73 bits per heavy atom. The van der Waals surface area contributed by atoms with E-state index in [0.717, 1.165) is 46.5 Å². The van der Waals surface area contributed by atoms with Gasteiger partial charge in [-0.15, -0.1) is 0 Å². The van der Waals surface area contributed by atoms with Gasteiger partial charge in [0, 0.05) is 24.2 Å². The second kappa shape index (κ2) is 8.26. The number of fused-ring (bicyclic) bond motifs is 2. The van der Waals surface area contributed by atoms with Gasteiger partial charge in [0.25, 0.3) is 0 Å². The van der Waals surface area contributed by atoms with E-state index >= 15 is 0 Å². The molecule has 0 radical (unpaired) electrons. The molecule has 1 aliphatic carbocycles. The van der Waals surface area contributed by atoms with Crippen molar-refractivity contribution in [1.82, 2.24) is 24.5 Å². The molecule has 1 aromatic carbocycles. The van der Waals surface area contributed by atoms with Gasteiger partial charge >= 0.3 is 0 Å². The topological polar surface area (TPSA) is 80.6 Å². The number of anilines is 3.